The highest BCUT2D eigenvalue weighted by Crippen LogP contribution is 2.39. The van der Waals surface area contributed by atoms with Crippen LogP contribution in [0.2, 0.25) is 0 Å². The molecule has 17 heavy (non-hydrogen) atoms. The third-order valence-electron chi connectivity index (χ3n) is 3.08. The molecule has 94 valence electrons. The minimum Gasteiger partial charge on any atom is -0.299 e. The Bertz CT molecular complexity index is 384. The van der Waals surface area contributed by atoms with E-state index >= 15 is 0 Å². The van der Waals surface area contributed by atoms with Crippen LogP contribution in [-0.2, 0) is 0 Å². The first kappa shape index (κ1) is 12.9. The van der Waals surface area contributed by atoms with Gasteiger partial charge in [0.1, 0.15) is 5.03 Å². The molecule has 0 spiro atoms. The topological polar surface area (TPSA) is 16.1 Å². The molecule has 2 heterocycles. The highest BCUT2D eigenvalue weighted by atomic mass is 32.2. The summed E-state index contributed by atoms with van der Waals surface area (Å²) in [5.41, 5.74) is 1.41. The van der Waals surface area contributed by atoms with Gasteiger partial charge in [0.05, 0.1) is 0 Å². The summed E-state index contributed by atoms with van der Waals surface area (Å²) >= 11 is 1.88. The number of hydrogen-bond donors (Lipinski definition) is 0. The second-order valence-corrected chi connectivity index (χ2v) is 7.57. The fourth-order valence-electron chi connectivity index (χ4n) is 2.34. The van der Waals surface area contributed by atoms with Gasteiger partial charge in [-0.15, -0.1) is 11.8 Å². The van der Waals surface area contributed by atoms with Crippen LogP contribution >= 0.6 is 11.8 Å². The maximum Gasteiger partial charge on any atom is 0.101 e. The van der Waals surface area contributed by atoms with E-state index in [0.717, 1.165) is 0 Å². The minimum absolute atomic E-state index is 0.222. The Balaban J connectivity index is 2.27. The number of pyridine rings is 1. The molecule has 2 rings (SSSR count). The van der Waals surface area contributed by atoms with Crippen molar-refractivity contribution >= 4 is 11.8 Å². The van der Waals surface area contributed by atoms with Crippen LogP contribution in [0.4, 0.5) is 0 Å². The van der Waals surface area contributed by atoms with Crippen molar-refractivity contribution in [3.63, 3.8) is 0 Å². The van der Waals surface area contributed by atoms with Gasteiger partial charge in [-0.05, 0) is 32.5 Å². The van der Waals surface area contributed by atoms with E-state index in [4.69, 9.17) is 0 Å². The average Bonchev–Trinajstić information content (AvgIpc) is 2.63. The second kappa shape index (κ2) is 4.99. The van der Waals surface area contributed by atoms with Crippen molar-refractivity contribution in [3.05, 3.63) is 23.9 Å². The van der Waals surface area contributed by atoms with E-state index in [0.29, 0.717) is 6.04 Å². The number of rotatable bonds is 2. The van der Waals surface area contributed by atoms with Crippen molar-refractivity contribution in [1.82, 2.24) is 9.88 Å². The molecule has 1 aromatic rings. The average molecular weight is 250 g/mol. The van der Waals surface area contributed by atoms with E-state index in [1.54, 1.807) is 0 Å². The Labute approximate surface area is 109 Å². The van der Waals surface area contributed by atoms with Crippen LogP contribution in [0.5, 0.6) is 0 Å². The van der Waals surface area contributed by atoms with E-state index in [9.17, 15) is 0 Å². The molecule has 1 saturated heterocycles. The van der Waals surface area contributed by atoms with Crippen LogP contribution in [0.25, 0.3) is 0 Å². The van der Waals surface area contributed by atoms with E-state index in [1.807, 2.05) is 18.0 Å². The zero-order valence-electron chi connectivity index (χ0n) is 11.2. The minimum atomic E-state index is 0.222. The van der Waals surface area contributed by atoms with E-state index in [1.165, 1.54) is 30.0 Å². The van der Waals surface area contributed by atoms with Crippen molar-refractivity contribution < 1.29 is 0 Å². The summed E-state index contributed by atoms with van der Waals surface area (Å²) in [5, 5.41) is 1.21. The molecule has 0 N–H and O–H groups in total. The van der Waals surface area contributed by atoms with E-state index in [-0.39, 0.29) is 4.75 Å². The fraction of sp³-hybridized carbons (Fsp3) is 0.643. The molecule has 0 unspecified atom stereocenters. The second-order valence-electron chi connectivity index (χ2n) is 5.75. The number of hydrogen-bond acceptors (Lipinski definition) is 3. The first-order valence-corrected chi connectivity index (χ1v) is 7.13. The summed E-state index contributed by atoms with van der Waals surface area (Å²) in [6.07, 6.45) is 4.47. The van der Waals surface area contributed by atoms with Gasteiger partial charge in [-0.2, -0.15) is 0 Å². The first-order valence-electron chi connectivity index (χ1n) is 6.31. The zero-order valence-corrected chi connectivity index (χ0v) is 12.0. The van der Waals surface area contributed by atoms with Gasteiger partial charge < -0.3 is 0 Å². The largest absolute Gasteiger partial charge is 0.299 e. The number of likely N-dealkylation sites (tertiary alicyclic amines) is 1. The van der Waals surface area contributed by atoms with Gasteiger partial charge in [-0.3, -0.25) is 4.90 Å². The lowest BCUT2D eigenvalue weighted by Gasteiger charge is -2.24. The molecule has 1 fully saturated rings. The lowest BCUT2D eigenvalue weighted by Crippen LogP contribution is -2.19. The van der Waals surface area contributed by atoms with Gasteiger partial charge in [0.15, 0.2) is 0 Å². The molecular weight excluding hydrogens is 228 g/mol. The summed E-state index contributed by atoms with van der Waals surface area (Å²) in [4.78, 5) is 7.03. The molecule has 0 aromatic carbocycles. The highest BCUT2D eigenvalue weighted by molar-refractivity contribution is 8.00. The lowest BCUT2D eigenvalue weighted by molar-refractivity contribution is 0.313. The zero-order chi connectivity index (χ0) is 12.5. The summed E-state index contributed by atoms with van der Waals surface area (Å²) in [6, 6.07) is 4.87. The third kappa shape index (κ3) is 3.23. The first-order chi connectivity index (χ1) is 7.97. The smallest absolute Gasteiger partial charge is 0.101 e. The Morgan fingerprint density at radius 2 is 2.18 bits per heavy atom. The monoisotopic (exact) mass is 250 g/mol. The van der Waals surface area contributed by atoms with Gasteiger partial charge in [0.25, 0.3) is 0 Å². The Morgan fingerprint density at radius 1 is 1.41 bits per heavy atom. The molecule has 0 radical (unpaired) electrons. The molecule has 3 heteroatoms. The van der Waals surface area contributed by atoms with Gasteiger partial charge >= 0.3 is 0 Å². The predicted octanol–water partition coefficient (Wildman–Crippen LogP) is 3.74. The van der Waals surface area contributed by atoms with Crippen molar-refractivity contribution in [2.75, 3.05) is 13.6 Å². The predicted molar refractivity (Wildman–Crippen MR) is 74.5 cm³/mol. The molecule has 0 saturated carbocycles. The highest BCUT2D eigenvalue weighted by Gasteiger charge is 2.26. The van der Waals surface area contributed by atoms with E-state index in [2.05, 4.69) is 49.8 Å². The summed E-state index contributed by atoms with van der Waals surface area (Å²) < 4.78 is 0.222. The molecule has 1 atom stereocenters. The van der Waals surface area contributed by atoms with Crippen molar-refractivity contribution in [2.45, 2.75) is 49.4 Å². The summed E-state index contributed by atoms with van der Waals surface area (Å²) in [6.45, 7) is 7.94. The van der Waals surface area contributed by atoms with Crippen LogP contribution in [0.1, 0.15) is 45.2 Å². The normalized spacial score (nSPS) is 22.0. The van der Waals surface area contributed by atoms with Gasteiger partial charge in [0.2, 0.25) is 0 Å². The number of thioether (sulfide) groups is 1. The fourth-order valence-corrected chi connectivity index (χ4v) is 3.35. The molecular formula is C14H22N2S. The summed E-state index contributed by atoms with van der Waals surface area (Å²) in [7, 11) is 2.22. The quantitative estimate of drug-likeness (QED) is 0.744. The molecule has 2 nitrogen and oxygen atoms in total. The van der Waals surface area contributed by atoms with Crippen LogP contribution in [-0.4, -0.2) is 28.2 Å². The van der Waals surface area contributed by atoms with Gasteiger partial charge in [0, 0.05) is 22.5 Å². The third-order valence-corrected chi connectivity index (χ3v) is 4.23. The Kier molecular flexibility index (Phi) is 3.79. The van der Waals surface area contributed by atoms with Gasteiger partial charge in [-0.25, -0.2) is 4.98 Å². The molecule has 0 bridgehead atoms. The molecule has 1 aliphatic rings. The van der Waals surface area contributed by atoms with E-state index < -0.39 is 0 Å². The molecule has 0 amide bonds. The molecule has 1 aliphatic heterocycles. The standard InChI is InChI=1S/C14H22N2S/c1-14(2,3)17-13-11(7-5-9-15-13)12-8-6-10-16(12)4/h5,7,9,12H,6,8,10H2,1-4H3/t12-/m1/s1. The Morgan fingerprint density at radius 3 is 2.76 bits per heavy atom. The number of nitrogens with zero attached hydrogens (tertiary/aromatic N) is 2. The van der Waals surface area contributed by atoms with Crippen LogP contribution in [0.3, 0.4) is 0 Å². The Hall–Kier alpha value is -0.540. The molecule has 0 aliphatic carbocycles. The number of aromatic nitrogens is 1. The van der Waals surface area contributed by atoms with Gasteiger partial charge in [-0.1, -0.05) is 26.8 Å². The summed E-state index contributed by atoms with van der Waals surface area (Å²) in [5.74, 6) is 0. The van der Waals surface area contributed by atoms with Crippen LogP contribution in [0, 0.1) is 0 Å². The van der Waals surface area contributed by atoms with Crippen LogP contribution in [0.15, 0.2) is 23.4 Å². The van der Waals surface area contributed by atoms with Crippen LogP contribution < -0.4 is 0 Å². The van der Waals surface area contributed by atoms with Crippen molar-refractivity contribution in [3.8, 4) is 0 Å². The molecule has 1 aromatic heterocycles. The van der Waals surface area contributed by atoms with Crippen molar-refractivity contribution in [2.24, 2.45) is 0 Å². The van der Waals surface area contributed by atoms with Crippen molar-refractivity contribution in [1.29, 1.82) is 0 Å². The maximum absolute atomic E-state index is 4.58. The maximum atomic E-state index is 4.58. The lowest BCUT2D eigenvalue weighted by atomic mass is 10.1. The SMILES string of the molecule is CN1CCC[C@@H]1c1cccnc1SC(C)(C)C.